The largest absolute Gasteiger partial charge is 0.497 e. The average molecular weight is 351 g/mol. The van der Waals surface area contributed by atoms with E-state index in [1.54, 1.807) is 7.11 Å². The summed E-state index contributed by atoms with van der Waals surface area (Å²) < 4.78 is 11.2. The highest BCUT2D eigenvalue weighted by atomic mass is 16.5. The van der Waals surface area contributed by atoms with E-state index in [4.69, 9.17) is 9.47 Å². The lowest BCUT2D eigenvalue weighted by molar-refractivity contribution is 0.0469. The van der Waals surface area contributed by atoms with Crippen LogP contribution in [-0.4, -0.2) is 43.4 Å². The van der Waals surface area contributed by atoms with Gasteiger partial charge in [0.2, 0.25) is 0 Å². The van der Waals surface area contributed by atoms with Crippen LogP contribution in [0.25, 0.3) is 6.08 Å². The van der Waals surface area contributed by atoms with E-state index in [0.29, 0.717) is 13.2 Å². The summed E-state index contributed by atoms with van der Waals surface area (Å²) in [5.41, 5.74) is 3.79. The second-order valence-corrected chi connectivity index (χ2v) is 7.35. The van der Waals surface area contributed by atoms with Gasteiger partial charge in [0.1, 0.15) is 23.7 Å². The molecule has 2 aromatic rings. The third-order valence-corrected chi connectivity index (χ3v) is 5.34. The number of aryl methyl sites for hydroxylation is 1. The lowest BCUT2D eigenvalue weighted by Gasteiger charge is -2.26. The fourth-order valence-electron chi connectivity index (χ4n) is 3.80. The Morgan fingerprint density at radius 2 is 2.00 bits per heavy atom. The van der Waals surface area contributed by atoms with E-state index in [9.17, 15) is 5.11 Å². The Morgan fingerprint density at radius 3 is 2.77 bits per heavy atom. The number of methoxy groups -OCH3 is 1. The van der Waals surface area contributed by atoms with Crippen LogP contribution in [0.1, 0.15) is 23.1 Å². The predicted octanol–water partition coefficient (Wildman–Crippen LogP) is 3.37. The Labute approximate surface area is 154 Å². The van der Waals surface area contributed by atoms with Gasteiger partial charge < -0.3 is 14.6 Å². The zero-order valence-corrected chi connectivity index (χ0v) is 15.4. The second-order valence-electron chi connectivity index (χ2n) is 7.35. The van der Waals surface area contributed by atoms with E-state index in [1.807, 2.05) is 30.3 Å². The number of nitrogens with zero attached hydrogens (tertiary/aromatic N) is 1. The molecule has 4 heteroatoms. The molecule has 0 aromatic heterocycles. The van der Waals surface area contributed by atoms with Gasteiger partial charge in [-0.25, -0.2) is 0 Å². The van der Waals surface area contributed by atoms with Crippen molar-refractivity contribution in [3.05, 3.63) is 64.7 Å². The summed E-state index contributed by atoms with van der Waals surface area (Å²) in [7, 11) is 1.66. The van der Waals surface area contributed by atoms with Crippen molar-refractivity contribution < 1.29 is 14.6 Å². The summed E-state index contributed by atoms with van der Waals surface area (Å²) in [5.74, 6) is 1.67. The zero-order valence-electron chi connectivity index (χ0n) is 15.4. The smallest absolute Gasteiger partial charge is 0.130 e. The van der Waals surface area contributed by atoms with Gasteiger partial charge in [0.25, 0.3) is 0 Å². The number of hydrogen-bond acceptors (Lipinski definition) is 4. The maximum Gasteiger partial charge on any atom is 0.130 e. The minimum absolute atomic E-state index is 0.583. The molecule has 26 heavy (non-hydrogen) atoms. The molecule has 0 radical (unpaired) electrons. The first-order chi connectivity index (χ1) is 12.6. The number of benzene rings is 2. The predicted molar refractivity (Wildman–Crippen MR) is 103 cm³/mol. The minimum atomic E-state index is -0.755. The summed E-state index contributed by atoms with van der Waals surface area (Å²) in [6.45, 7) is 5.01. The van der Waals surface area contributed by atoms with Crippen LogP contribution in [-0.2, 0) is 5.60 Å². The van der Waals surface area contributed by atoms with Crippen LogP contribution < -0.4 is 9.47 Å². The summed E-state index contributed by atoms with van der Waals surface area (Å²) in [5, 5.41) is 11.1. The number of likely N-dealkylation sites (tertiary alicyclic amines) is 1. The molecule has 0 spiro atoms. The highest BCUT2D eigenvalue weighted by Crippen LogP contribution is 2.34. The van der Waals surface area contributed by atoms with Crippen LogP contribution in [0, 0.1) is 6.92 Å². The van der Waals surface area contributed by atoms with Crippen molar-refractivity contribution in [3.8, 4) is 11.5 Å². The summed E-state index contributed by atoms with van der Waals surface area (Å²) >= 11 is 0. The molecular formula is C22H25NO3. The quantitative estimate of drug-likeness (QED) is 0.917. The molecule has 1 N–H and O–H groups in total. The van der Waals surface area contributed by atoms with Gasteiger partial charge in [-0.2, -0.15) is 0 Å². The van der Waals surface area contributed by atoms with Gasteiger partial charge in [0.15, 0.2) is 0 Å². The molecule has 2 aromatic carbocycles. The second kappa shape index (κ2) is 6.78. The molecule has 0 saturated carbocycles. The van der Waals surface area contributed by atoms with Gasteiger partial charge in [-0.1, -0.05) is 29.8 Å². The monoisotopic (exact) mass is 351 g/mol. The van der Waals surface area contributed by atoms with Crippen LogP contribution >= 0.6 is 0 Å². The number of aliphatic hydroxyl groups is 1. The van der Waals surface area contributed by atoms with Gasteiger partial charge in [0, 0.05) is 31.3 Å². The number of hydrogen-bond donors (Lipinski definition) is 1. The van der Waals surface area contributed by atoms with Crippen molar-refractivity contribution in [3.63, 3.8) is 0 Å². The van der Waals surface area contributed by atoms with Crippen LogP contribution in [0.2, 0.25) is 0 Å². The Balaban J connectivity index is 1.45. The Kier molecular flexibility index (Phi) is 4.47. The van der Waals surface area contributed by atoms with E-state index in [2.05, 4.69) is 30.0 Å². The normalized spacial score (nSPS) is 22.5. The number of β-amino-alcohol motifs (C(OH)–C–C–N with tert-alkyl or cyclic N) is 1. The first-order valence-electron chi connectivity index (χ1n) is 9.08. The fraction of sp³-hybridized carbons (Fsp3) is 0.364. The first-order valence-corrected chi connectivity index (χ1v) is 9.08. The topological polar surface area (TPSA) is 41.9 Å². The minimum Gasteiger partial charge on any atom is -0.497 e. The van der Waals surface area contributed by atoms with Crippen molar-refractivity contribution in [1.82, 2.24) is 4.90 Å². The summed E-state index contributed by atoms with van der Waals surface area (Å²) in [4.78, 5) is 2.31. The Morgan fingerprint density at radius 1 is 1.19 bits per heavy atom. The zero-order chi connectivity index (χ0) is 18.1. The molecular weight excluding hydrogens is 326 g/mol. The van der Waals surface area contributed by atoms with Crippen LogP contribution in [0.4, 0.5) is 0 Å². The number of rotatable bonds is 4. The van der Waals surface area contributed by atoms with E-state index >= 15 is 0 Å². The molecule has 4 nitrogen and oxygen atoms in total. The van der Waals surface area contributed by atoms with E-state index in [0.717, 1.165) is 42.1 Å². The molecule has 0 amide bonds. The Hall–Kier alpha value is -2.30. The average Bonchev–Trinajstić information content (AvgIpc) is 3.03. The lowest BCUT2D eigenvalue weighted by Crippen LogP contribution is -2.32. The van der Waals surface area contributed by atoms with Crippen LogP contribution in [0.3, 0.4) is 0 Å². The molecule has 0 aliphatic carbocycles. The van der Waals surface area contributed by atoms with Crippen LogP contribution in [0.15, 0.2) is 48.0 Å². The molecule has 1 fully saturated rings. The van der Waals surface area contributed by atoms with E-state index in [1.165, 1.54) is 11.1 Å². The van der Waals surface area contributed by atoms with Crippen molar-refractivity contribution in [2.75, 3.05) is 33.4 Å². The molecule has 1 atom stereocenters. The number of fused-ring (bicyclic) bond motifs is 1. The van der Waals surface area contributed by atoms with Gasteiger partial charge in [0.05, 0.1) is 7.11 Å². The lowest BCUT2D eigenvalue weighted by atomic mass is 9.92. The van der Waals surface area contributed by atoms with E-state index in [-0.39, 0.29) is 0 Å². The standard InChI is InChI=1S/C22H25NO3/c1-16-3-6-19(7-4-16)22(24)9-10-23(15-22)13-17-11-18-5-8-20(25-2)12-21(18)26-14-17/h3-8,11-12,24H,9-10,13-15H2,1-2H3. The van der Waals surface area contributed by atoms with Gasteiger partial charge in [-0.05, 0) is 42.7 Å². The molecule has 1 unspecified atom stereocenters. The van der Waals surface area contributed by atoms with Crippen molar-refractivity contribution in [2.45, 2.75) is 18.9 Å². The molecule has 1 saturated heterocycles. The van der Waals surface area contributed by atoms with Crippen molar-refractivity contribution in [2.24, 2.45) is 0 Å². The summed E-state index contributed by atoms with van der Waals surface area (Å²) in [6.07, 6.45) is 2.96. The van der Waals surface area contributed by atoms with Gasteiger partial charge in [-0.3, -0.25) is 4.90 Å². The van der Waals surface area contributed by atoms with Gasteiger partial charge >= 0.3 is 0 Å². The molecule has 0 bridgehead atoms. The van der Waals surface area contributed by atoms with Crippen molar-refractivity contribution >= 4 is 6.08 Å². The molecule has 2 heterocycles. The summed E-state index contributed by atoms with van der Waals surface area (Å²) in [6, 6.07) is 14.1. The third-order valence-electron chi connectivity index (χ3n) is 5.34. The maximum absolute atomic E-state index is 11.1. The molecule has 2 aliphatic rings. The molecule has 4 rings (SSSR count). The van der Waals surface area contributed by atoms with Crippen LogP contribution in [0.5, 0.6) is 11.5 Å². The highest BCUT2D eigenvalue weighted by Gasteiger charge is 2.37. The van der Waals surface area contributed by atoms with E-state index < -0.39 is 5.60 Å². The Bertz CT molecular complexity index is 828. The highest BCUT2D eigenvalue weighted by molar-refractivity contribution is 5.64. The SMILES string of the molecule is COc1ccc2c(c1)OCC(CN1CCC(O)(c3ccc(C)cc3)C1)=C2. The molecule has 2 aliphatic heterocycles. The molecule has 136 valence electrons. The van der Waals surface area contributed by atoms with Crippen molar-refractivity contribution in [1.29, 1.82) is 0 Å². The number of ether oxygens (including phenoxy) is 2. The fourth-order valence-corrected chi connectivity index (χ4v) is 3.80. The van der Waals surface area contributed by atoms with Gasteiger partial charge in [-0.15, -0.1) is 0 Å². The third kappa shape index (κ3) is 3.35. The maximum atomic E-state index is 11.1. The first kappa shape index (κ1) is 17.1.